The first-order chi connectivity index (χ1) is 13.7. The van der Waals surface area contributed by atoms with Crippen LogP contribution in [0.3, 0.4) is 0 Å². The normalized spacial score (nSPS) is 10.2. The van der Waals surface area contributed by atoms with Gasteiger partial charge in [0.05, 0.1) is 10.9 Å². The van der Waals surface area contributed by atoms with E-state index in [0.29, 0.717) is 17.2 Å². The number of rotatable bonds is 9. The molecule has 0 aliphatic rings. The summed E-state index contributed by atoms with van der Waals surface area (Å²) in [6.45, 7) is 0. The molecule has 0 bridgehead atoms. The molecular weight excluding hydrogens is 428 g/mol. The Labute approximate surface area is 182 Å². The Hall–Kier alpha value is -2.32. The molecule has 3 aromatic rings. The van der Waals surface area contributed by atoms with Crippen LogP contribution in [-0.4, -0.2) is 16.7 Å². The number of benzene rings is 3. The highest BCUT2D eigenvalue weighted by Crippen LogP contribution is 2.33. The Morgan fingerprint density at radius 3 is 0.929 bits per heavy atom. The van der Waals surface area contributed by atoms with Crippen LogP contribution in [0.1, 0.15) is 0 Å². The van der Waals surface area contributed by atoms with E-state index in [-0.39, 0.29) is 10.9 Å². The van der Waals surface area contributed by atoms with Crippen LogP contribution < -0.4 is 14.2 Å². The molecule has 0 atom stereocenters. The van der Waals surface area contributed by atoms with Gasteiger partial charge >= 0.3 is 0 Å². The van der Waals surface area contributed by atoms with Gasteiger partial charge in [-0.1, -0.05) is 0 Å². The lowest BCUT2D eigenvalue weighted by molar-refractivity contribution is 0.585. The molecule has 0 aliphatic heterocycles. The number of hydrogen-bond acceptors (Lipinski definition) is 6. The third kappa shape index (κ3) is 5.14. The summed E-state index contributed by atoms with van der Waals surface area (Å²) in [5.74, 6) is 2.12. The highest BCUT2D eigenvalue weighted by atomic mass is 32.2. The van der Waals surface area contributed by atoms with Crippen LogP contribution >= 0.6 is 36.7 Å². The van der Waals surface area contributed by atoms with E-state index in [1.54, 1.807) is 0 Å². The van der Waals surface area contributed by atoms with E-state index in [4.69, 9.17) is 50.9 Å². The first-order valence-corrected chi connectivity index (χ1v) is 10.7. The zero-order valence-corrected chi connectivity index (χ0v) is 17.8. The summed E-state index contributed by atoms with van der Waals surface area (Å²) in [5.41, 5.74) is 3.75. The quantitative estimate of drug-likeness (QED) is 0.307. The molecule has 0 fully saturated rings. The molecule has 0 spiro atoms. The number of thiocarbonyl (C=S) groups is 3. The number of ether oxygens (including phenoxy) is 3. The fourth-order valence-electron chi connectivity index (χ4n) is 2.54. The Balaban J connectivity index is 2.00. The lowest BCUT2D eigenvalue weighted by Gasteiger charge is -2.10. The maximum atomic E-state index is 5.27. The molecule has 0 N–H and O–H groups in total. The second-order valence-corrected chi connectivity index (χ2v) is 7.97. The van der Waals surface area contributed by atoms with Crippen molar-refractivity contribution < 1.29 is 14.2 Å². The van der Waals surface area contributed by atoms with Gasteiger partial charge in [-0.25, -0.2) is 0 Å². The fourth-order valence-corrected chi connectivity index (χ4v) is 4.91. The second kappa shape index (κ2) is 10.3. The maximum Gasteiger partial charge on any atom is 0.166 e. The van der Waals surface area contributed by atoms with Crippen molar-refractivity contribution >= 4 is 64.2 Å². The molecule has 0 aliphatic carbocycles. The van der Waals surface area contributed by atoms with Gasteiger partial charge in [0, 0.05) is 0 Å². The Bertz CT molecular complexity index is 812. The fraction of sp³-hybridized carbons (Fsp3) is 0. The minimum absolute atomic E-state index is 0.327. The van der Waals surface area contributed by atoms with Gasteiger partial charge < -0.3 is 14.2 Å². The van der Waals surface area contributed by atoms with E-state index in [1.165, 1.54) is 16.7 Å². The lowest BCUT2D eigenvalue weighted by Crippen LogP contribution is -2.05. The SMILES string of the molecule is S=COc1ccc([S+](c2ccc(OC=S)cc2)c2ccc(OC=S)cc2)cc1. The second-order valence-electron chi connectivity index (χ2n) is 5.36. The Kier molecular flexibility index (Phi) is 7.50. The lowest BCUT2D eigenvalue weighted by atomic mass is 10.3. The predicted octanol–water partition coefficient (Wildman–Crippen LogP) is 5.79. The molecule has 0 aromatic heterocycles. The van der Waals surface area contributed by atoms with E-state index < -0.39 is 0 Å². The molecule has 0 amide bonds. The predicted molar refractivity (Wildman–Crippen MR) is 124 cm³/mol. The molecule has 0 unspecified atom stereocenters. The van der Waals surface area contributed by atoms with Crippen molar-refractivity contribution in [2.75, 3.05) is 0 Å². The Morgan fingerprint density at radius 1 is 0.464 bits per heavy atom. The van der Waals surface area contributed by atoms with Crippen LogP contribution in [0.5, 0.6) is 17.2 Å². The molecule has 3 nitrogen and oxygen atoms in total. The zero-order valence-electron chi connectivity index (χ0n) is 14.5. The first-order valence-electron chi connectivity index (χ1n) is 8.10. The summed E-state index contributed by atoms with van der Waals surface area (Å²) in [4.78, 5) is 3.43. The topological polar surface area (TPSA) is 27.7 Å². The van der Waals surface area contributed by atoms with E-state index in [2.05, 4.69) is 0 Å². The van der Waals surface area contributed by atoms with Crippen LogP contribution in [0, 0.1) is 0 Å². The minimum atomic E-state index is -0.327. The van der Waals surface area contributed by atoms with Crippen molar-refractivity contribution in [2.45, 2.75) is 14.7 Å². The smallest absolute Gasteiger partial charge is 0.166 e. The van der Waals surface area contributed by atoms with Gasteiger partial charge in [-0.3, -0.25) is 0 Å². The van der Waals surface area contributed by atoms with Gasteiger partial charge in [0.25, 0.3) is 0 Å². The van der Waals surface area contributed by atoms with Gasteiger partial charge in [0.2, 0.25) is 0 Å². The zero-order chi connectivity index (χ0) is 19.8. The maximum absolute atomic E-state index is 5.27. The van der Waals surface area contributed by atoms with E-state index >= 15 is 0 Å². The largest absolute Gasteiger partial charge is 0.454 e. The summed E-state index contributed by atoms with van der Waals surface area (Å²) in [7, 11) is -0.327. The average molecular weight is 444 g/mol. The molecule has 3 aromatic carbocycles. The van der Waals surface area contributed by atoms with Crippen molar-refractivity contribution in [1.29, 1.82) is 0 Å². The molecule has 140 valence electrons. The van der Waals surface area contributed by atoms with Gasteiger partial charge in [0.15, 0.2) is 31.3 Å². The monoisotopic (exact) mass is 443 g/mol. The van der Waals surface area contributed by atoms with Gasteiger partial charge in [-0.05, 0) is 109 Å². The highest BCUT2D eigenvalue weighted by molar-refractivity contribution is 7.97. The van der Waals surface area contributed by atoms with Gasteiger partial charge in [-0.15, -0.1) is 0 Å². The highest BCUT2D eigenvalue weighted by Gasteiger charge is 2.29. The van der Waals surface area contributed by atoms with Gasteiger partial charge in [0.1, 0.15) is 17.2 Å². The first kappa shape index (κ1) is 20.4. The van der Waals surface area contributed by atoms with Gasteiger partial charge in [-0.2, -0.15) is 0 Å². The average Bonchev–Trinajstić information content (AvgIpc) is 2.73. The van der Waals surface area contributed by atoms with E-state index in [0.717, 1.165) is 14.7 Å². The summed E-state index contributed by atoms with van der Waals surface area (Å²) < 4.78 is 15.8. The molecule has 7 heteroatoms. The van der Waals surface area contributed by atoms with Crippen molar-refractivity contribution in [2.24, 2.45) is 0 Å². The third-order valence-electron chi connectivity index (χ3n) is 3.73. The summed E-state index contributed by atoms with van der Waals surface area (Å²) >= 11 is 14.2. The number of hydrogen-bond donors (Lipinski definition) is 0. The summed E-state index contributed by atoms with van der Waals surface area (Å²) in [5, 5.41) is 0. The third-order valence-corrected chi connectivity index (χ3v) is 6.25. The molecule has 3 rings (SSSR count). The molecule has 0 radical (unpaired) electrons. The molecule has 0 saturated heterocycles. The minimum Gasteiger partial charge on any atom is -0.454 e. The summed E-state index contributed by atoms with van der Waals surface area (Å²) in [6.07, 6.45) is 0. The molecular formula is C21H15O3S4+. The molecule has 28 heavy (non-hydrogen) atoms. The van der Waals surface area contributed by atoms with Crippen molar-refractivity contribution in [3.05, 3.63) is 72.8 Å². The van der Waals surface area contributed by atoms with Crippen LogP contribution in [-0.2, 0) is 10.9 Å². The molecule has 0 heterocycles. The van der Waals surface area contributed by atoms with E-state index in [9.17, 15) is 0 Å². The molecule has 0 saturated carbocycles. The van der Waals surface area contributed by atoms with E-state index in [1.807, 2.05) is 72.8 Å². The van der Waals surface area contributed by atoms with Crippen molar-refractivity contribution in [3.8, 4) is 17.2 Å². The van der Waals surface area contributed by atoms with Crippen molar-refractivity contribution in [3.63, 3.8) is 0 Å². The van der Waals surface area contributed by atoms with Crippen LogP contribution in [0.4, 0.5) is 0 Å². The summed E-state index contributed by atoms with van der Waals surface area (Å²) in [6, 6.07) is 23.7. The van der Waals surface area contributed by atoms with Crippen LogP contribution in [0.15, 0.2) is 87.5 Å². The van der Waals surface area contributed by atoms with Crippen LogP contribution in [0.2, 0.25) is 0 Å². The van der Waals surface area contributed by atoms with Crippen molar-refractivity contribution in [1.82, 2.24) is 0 Å². The van der Waals surface area contributed by atoms with Crippen LogP contribution in [0.25, 0.3) is 0 Å². The Morgan fingerprint density at radius 2 is 0.714 bits per heavy atom. The standard InChI is InChI=1S/C21H15O3S4/c25-13-22-16-1-7-19(8-2-16)28(20-9-3-17(4-10-20)23-14-26)21-11-5-18(6-12-21)24-15-27/h1-15H/q+1.